The largest absolute Gasteiger partial charge is 0.487 e. The van der Waals surface area contributed by atoms with Crippen LogP contribution >= 0.6 is 0 Å². The van der Waals surface area contributed by atoms with Crippen LogP contribution in [0.15, 0.2) is 230 Å². The Labute approximate surface area is 484 Å². The van der Waals surface area contributed by atoms with Crippen LogP contribution < -0.4 is 65.7 Å². The number of aromatic nitrogens is 1. The first kappa shape index (κ1) is 37.1. The zero-order valence-electron chi connectivity index (χ0n) is 53.9. The van der Waals surface area contributed by atoms with E-state index >= 15 is 0 Å². The summed E-state index contributed by atoms with van der Waals surface area (Å²) in [5.41, 5.74) is 9.38. The lowest BCUT2D eigenvalue weighted by Crippen LogP contribution is -2.62. The molecular formula is C70H50B2N4O5. The second kappa shape index (κ2) is 17.3. The highest BCUT2D eigenvalue weighted by Gasteiger charge is 2.54. The highest BCUT2D eigenvalue weighted by atomic mass is 16.5. The van der Waals surface area contributed by atoms with Gasteiger partial charge in [0.15, 0.2) is 0 Å². The van der Waals surface area contributed by atoms with E-state index in [9.17, 15) is 5.48 Å². The van der Waals surface area contributed by atoms with Crippen molar-refractivity contribution in [2.75, 3.05) is 21.4 Å². The van der Waals surface area contributed by atoms with E-state index in [1.807, 2.05) is 114 Å². The van der Waals surface area contributed by atoms with Crippen molar-refractivity contribution in [3.63, 3.8) is 0 Å². The van der Waals surface area contributed by atoms with Gasteiger partial charge in [-0.3, -0.25) is 4.90 Å². The number of fused-ring (bicyclic) bond motifs is 5. The maximum atomic E-state index is 9.31. The van der Waals surface area contributed by atoms with Crippen LogP contribution in [-0.4, -0.2) is 31.2 Å². The zero-order chi connectivity index (χ0) is 62.4. The van der Waals surface area contributed by atoms with E-state index < -0.39 is 67.1 Å². The van der Waals surface area contributed by atoms with Gasteiger partial charge in [-0.25, -0.2) is 4.98 Å². The van der Waals surface area contributed by atoms with Crippen molar-refractivity contribution in [3.05, 3.63) is 236 Å². The summed E-state index contributed by atoms with van der Waals surface area (Å²) >= 11 is 0. The number of anilines is 7. The predicted molar refractivity (Wildman–Crippen MR) is 326 cm³/mol. The Morgan fingerprint density at radius 1 is 0.593 bits per heavy atom. The number of ether oxygens (including phenoxy) is 5. The number of nitrogens with zero attached hydrogens (tertiary/aromatic N) is 4. The van der Waals surface area contributed by atoms with Gasteiger partial charge in [0.2, 0.25) is 6.71 Å². The van der Waals surface area contributed by atoms with Crippen LogP contribution in [0.1, 0.15) is 40.0 Å². The van der Waals surface area contributed by atoms with Gasteiger partial charge in [-0.1, -0.05) is 148 Å². The Kier molecular flexibility index (Phi) is 7.93. The number of pyridine rings is 1. The van der Waals surface area contributed by atoms with Gasteiger partial charge in [0, 0.05) is 69.7 Å². The third kappa shape index (κ3) is 6.97. The van der Waals surface area contributed by atoms with Crippen molar-refractivity contribution in [3.8, 4) is 68.2 Å². The van der Waals surface area contributed by atoms with E-state index in [1.54, 1.807) is 18.2 Å². The van der Waals surface area contributed by atoms with Gasteiger partial charge in [0.25, 0.3) is 6.71 Å². The quantitative estimate of drug-likeness (QED) is 0.145. The highest BCUT2D eigenvalue weighted by Crippen LogP contribution is 2.54. The topological polar surface area (TPSA) is 68.8 Å². The molecule has 0 saturated heterocycles. The molecule has 17 rings (SSSR count). The number of para-hydroxylation sites is 4. The van der Waals surface area contributed by atoms with E-state index in [0.29, 0.717) is 63.1 Å². The smallest absolute Gasteiger partial charge is 0.265 e. The van der Waals surface area contributed by atoms with Gasteiger partial charge < -0.3 is 33.5 Å². The van der Waals surface area contributed by atoms with Crippen molar-refractivity contribution in [1.29, 1.82) is 0 Å². The summed E-state index contributed by atoms with van der Waals surface area (Å²) < 4.78 is 125. The van der Waals surface area contributed by atoms with Crippen molar-refractivity contribution in [1.82, 2.24) is 4.98 Å². The van der Waals surface area contributed by atoms with Gasteiger partial charge in [-0.15, -0.1) is 0 Å². The van der Waals surface area contributed by atoms with Crippen molar-refractivity contribution in [2.24, 2.45) is 0 Å². The molecule has 0 saturated carbocycles. The van der Waals surface area contributed by atoms with Crippen molar-refractivity contribution < 1.29 is 37.4 Å². The van der Waals surface area contributed by atoms with Crippen molar-refractivity contribution >= 4 is 80.7 Å². The molecule has 11 heteroatoms. The summed E-state index contributed by atoms with van der Waals surface area (Å²) in [5, 5.41) is 0. The minimum atomic E-state index is -0.577. The fourth-order valence-corrected chi connectivity index (χ4v) is 13.2. The average molecular weight is 1060 g/mol. The Hall–Kier alpha value is -9.86. The monoisotopic (exact) mass is 1060 g/mol. The molecule has 0 amide bonds. The van der Waals surface area contributed by atoms with Crippen LogP contribution in [0, 0.1) is 0 Å². The number of hydrogen-bond donors (Lipinski definition) is 0. The molecule has 0 radical (unpaired) electrons. The molecule has 7 aliphatic rings. The second-order valence-corrected chi connectivity index (χ2v) is 22.2. The molecular weight excluding hydrogens is 998 g/mol. The van der Waals surface area contributed by atoms with Crippen LogP contribution in [0.3, 0.4) is 0 Å². The molecule has 6 aliphatic heterocycles. The Balaban J connectivity index is 0.889. The highest BCUT2D eigenvalue weighted by molar-refractivity contribution is 6.99. The molecule has 0 N–H and O–H groups in total. The minimum absolute atomic E-state index is 0.00954. The van der Waals surface area contributed by atoms with Crippen LogP contribution in [0.5, 0.6) is 46.0 Å². The van der Waals surface area contributed by atoms with Crippen LogP contribution in [-0.2, 0) is 5.41 Å². The summed E-state index contributed by atoms with van der Waals surface area (Å²) in [5.74, 6) is 6.08. The van der Waals surface area contributed by atoms with Gasteiger partial charge >= 0.3 is 0 Å². The fraction of sp³-hybridized carbons (Fsp3) is 0.100. The molecule has 1 aliphatic carbocycles. The summed E-state index contributed by atoms with van der Waals surface area (Å²) in [6, 6.07) is 39.3. The van der Waals surface area contributed by atoms with E-state index in [1.165, 1.54) is 0 Å². The van der Waals surface area contributed by atoms with Crippen LogP contribution in [0.25, 0.3) is 22.3 Å². The number of hydrogen-bond acceptors (Lipinski definition) is 9. The molecule has 0 bridgehead atoms. The molecule has 81 heavy (non-hydrogen) atoms. The molecule has 9 aromatic carbocycles. The van der Waals surface area contributed by atoms with Gasteiger partial charge in [0.05, 0.1) is 36.5 Å². The number of allylic oxidation sites excluding steroid dienone is 2. The molecule has 9 nitrogen and oxygen atoms in total. The zero-order valence-corrected chi connectivity index (χ0v) is 43.9. The summed E-state index contributed by atoms with van der Waals surface area (Å²) in [6.07, 6.45) is 7.71. The van der Waals surface area contributed by atoms with E-state index in [4.69, 9.17) is 36.9 Å². The third-order valence-corrected chi connectivity index (χ3v) is 16.7. The average Bonchev–Trinajstić information content (AvgIpc) is 1.12. The molecule has 2 atom stereocenters. The fourth-order valence-electron chi connectivity index (χ4n) is 13.2. The summed E-state index contributed by atoms with van der Waals surface area (Å²) in [7, 11) is 0. The number of benzene rings is 9. The molecule has 0 fully saturated rings. The molecule has 0 spiro atoms. The van der Waals surface area contributed by atoms with E-state index in [2.05, 4.69) is 67.0 Å². The predicted octanol–water partition coefficient (Wildman–Crippen LogP) is 13.8. The lowest BCUT2D eigenvalue weighted by Gasteiger charge is -2.48. The first-order valence-electron chi connectivity index (χ1n) is 32.1. The minimum Gasteiger partial charge on any atom is -0.487 e. The van der Waals surface area contributed by atoms with Gasteiger partial charge in [-0.2, -0.15) is 0 Å². The Bertz CT molecular complexity index is 4860. The normalized spacial score (nSPS) is 18.6. The molecule has 10 aromatic rings. The number of rotatable bonds is 7. The van der Waals surface area contributed by atoms with E-state index in [0.717, 1.165) is 55.8 Å². The maximum Gasteiger partial charge on any atom is 0.265 e. The third-order valence-electron chi connectivity index (χ3n) is 16.7. The summed E-state index contributed by atoms with van der Waals surface area (Å²) in [4.78, 5) is 11.2. The first-order valence-corrected chi connectivity index (χ1v) is 27.1. The maximum absolute atomic E-state index is 9.31. The lowest BCUT2D eigenvalue weighted by atomic mass is 9.29. The molecule has 2 unspecified atom stereocenters. The molecule has 386 valence electrons. The molecule has 1 aromatic heterocycles. The van der Waals surface area contributed by atoms with Crippen molar-refractivity contribution in [2.45, 2.75) is 38.1 Å². The van der Waals surface area contributed by atoms with Crippen LogP contribution in [0.4, 0.5) is 39.9 Å². The van der Waals surface area contributed by atoms with Gasteiger partial charge in [0.1, 0.15) is 70.3 Å². The molecule has 7 heterocycles. The second-order valence-electron chi connectivity index (χ2n) is 22.2. The summed E-state index contributed by atoms with van der Waals surface area (Å²) in [6.45, 7) is 5.96. The lowest BCUT2D eigenvalue weighted by molar-refractivity contribution is 0.219. The SMILES string of the molecule is [2H]c1c([2H])c([2H])c(-c2cccc(-c3c([2H])c([2H])c([2H])c([2H])c3[2H])c2N2CN(c3cc(Oc4cc5c6c(c4)N(c4cc(C(C)(C)C)ccn4)c4cccc7c4B6C4C(=CC=CC4O7)O5)c4c(c3)Oc3cccc5c3B4c3ccccc3O5)c3ccccc32)c([2H])c1[2H]. The van der Waals surface area contributed by atoms with E-state index in [-0.39, 0.29) is 58.7 Å². The van der Waals surface area contributed by atoms with Gasteiger partial charge in [-0.05, 0) is 105 Å². The van der Waals surface area contributed by atoms with Crippen LogP contribution in [0.2, 0.25) is 5.82 Å². The first-order chi connectivity index (χ1) is 43.9. The Morgan fingerprint density at radius 2 is 1.25 bits per heavy atom. The Morgan fingerprint density at radius 3 is 2.02 bits per heavy atom. The standard InChI is InChI=1S/C70H50B2N4O5/c1-70(2,3)44-34-35-73-63(36-44)76-52-27-15-29-55-64(52)72-65-53(76)39-46(40-62(65)81-59-33-17-32-58(79-55)67(59)72)77-60-37-45(38-61-68(60)71-49-24-10-13-28-54(49)78-56-30-16-31-57(80-61)66(56)71)74-41-75(51-26-12-11-25-50(51)74)69-47(42-18-6-4-7-19-42)22-14-23-48(69)43-20-8-5-9-21-43/h4-40,58,67H,41H2,1-3H3/i4D,5D,6D,7D,8D,9D,18D,19D,20D,21D.